The van der Waals surface area contributed by atoms with Gasteiger partial charge in [0.1, 0.15) is 18.1 Å². The molecule has 9 nitrogen and oxygen atoms in total. The summed E-state index contributed by atoms with van der Waals surface area (Å²) < 4.78 is 29.8. The number of amides is 3. The maximum atomic E-state index is 14.9. The summed E-state index contributed by atoms with van der Waals surface area (Å²) in [6.45, 7) is 4.19. The van der Waals surface area contributed by atoms with Crippen molar-refractivity contribution in [2.75, 3.05) is 11.9 Å². The SMILES string of the molecule is CC[C@H]1CC(F)(F)C[C@@H](C(=O)N[C@H](C#N)C[C@@H]2CCCNC2=O)N1C(=O)[C@@H](CC1CC1)Nc1cncc(C)c1. The molecule has 3 N–H and O–H groups in total. The highest BCUT2D eigenvalue weighted by Gasteiger charge is 2.51. The molecule has 0 unspecified atom stereocenters. The molecule has 2 aliphatic heterocycles. The second kappa shape index (κ2) is 12.3. The Kier molecular flexibility index (Phi) is 9.03. The van der Waals surface area contributed by atoms with Crippen molar-refractivity contribution in [3.63, 3.8) is 0 Å². The highest BCUT2D eigenvalue weighted by molar-refractivity contribution is 5.92. The van der Waals surface area contributed by atoms with Gasteiger partial charge in [0.05, 0.1) is 11.8 Å². The van der Waals surface area contributed by atoms with Gasteiger partial charge in [-0.3, -0.25) is 19.4 Å². The molecular formula is C28H38F2N6O3. The van der Waals surface area contributed by atoms with E-state index in [-0.39, 0.29) is 18.7 Å². The molecule has 0 aromatic carbocycles. The van der Waals surface area contributed by atoms with Gasteiger partial charge in [-0.2, -0.15) is 5.26 Å². The quantitative estimate of drug-likeness (QED) is 0.415. The fraction of sp³-hybridized carbons (Fsp3) is 0.679. The van der Waals surface area contributed by atoms with Crippen LogP contribution in [-0.4, -0.2) is 64.2 Å². The first-order valence-corrected chi connectivity index (χ1v) is 14.0. The zero-order valence-electron chi connectivity index (χ0n) is 22.6. The lowest BCUT2D eigenvalue weighted by atomic mass is 9.88. The zero-order valence-corrected chi connectivity index (χ0v) is 22.6. The first-order chi connectivity index (χ1) is 18.6. The number of piperidine rings is 2. The van der Waals surface area contributed by atoms with Gasteiger partial charge in [-0.25, -0.2) is 8.78 Å². The van der Waals surface area contributed by atoms with E-state index < -0.39 is 60.7 Å². The van der Waals surface area contributed by atoms with Crippen LogP contribution >= 0.6 is 0 Å². The smallest absolute Gasteiger partial charge is 0.252 e. The van der Waals surface area contributed by atoms with Crippen LogP contribution in [0, 0.1) is 30.1 Å². The fourth-order valence-corrected chi connectivity index (χ4v) is 5.74. The Labute approximate surface area is 228 Å². The Morgan fingerprint density at radius 2 is 2.03 bits per heavy atom. The van der Waals surface area contributed by atoms with Gasteiger partial charge in [0.25, 0.3) is 5.92 Å². The molecule has 3 amide bonds. The van der Waals surface area contributed by atoms with Crippen LogP contribution in [0.25, 0.3) is 0 Å². The number of nitrogens with one attached hydrogen (secondary N) is 3. The zero-order chi connectivity index (χ0) is 28.2. The van der Waals surface area contributed by atoms with E-state index in [2.05, 4.69) is 20.9 Å². The number of halogens is 2. The van der Waals surface area contributed by atoms with Crippen LogP contribution in [0.5, 0.6) is 0 Å². The van der Waals surface area contributed by atoms with E-state index in [1.165, 1.54) is 4.90 Å². The number of carbonyl (C=O) groups excluding carboxylic acids is 3. The lowest BCUT2D eigenvalue weighted by Crippen LogP contribution is -2.63. The number of rotatable bonds is 10. The Hall–Kier alpha value is -3.29. The average Bonchev–Trinajstić information content (AvgIpc) is 3.72. The summed E-state index contributed by atoms with van der Waals surface area (Å²) >= 11 is 0. The average molecular weight is 545 g/mol. The van der Waals surface area contributed by atoms with Crippen molar-refractivity contribution < 1.29 is 23.2 Å². The number of nitrogens with zero attached hydrogens (tertiary/aromatic N) is 3. The standard InChI is InChI=1S/C28H38F2N6O3/c1-3-22-12-28(29,30)13-24(26(38)35-20(14-31)11-19-5-4-8-33-25(19)37)36(22)27(39)23(10-18-6-7-18)34-21-9-17(2)15-32-16-21/h9,15-16,18-20,22-24,34H,3-8,10-13H2,1-2H3,(H,33,37)(H,35,38)/t19-,20-,22-,23+,24-/m0/s1. The van der Waals surface area contributed by atoms with Crippen molar-refractivity contribution in [1.29, 1.82) is 5.26 Å². The Morgan fingerprint density at radius 1 is 1.26 bits per heavy atom. The first-order valence-electron chi connectivity index (χ1n) is 14.0. The molecule has 3 fully saturated rings. The number of pyridine rings is 1. The molecule has 1 saturated carbocycles. The van der Waals surface area contributed by atoms with Gasteiger partial charge >= 0.3 is 0 Å². The van der Waals surface area contributed by atoms with Crippen LogP contribution in [0.15, 0.2) is 18.5 Å². The second-order valence-electron chi connectivity index (χ2n) is 11.3. The van der Waals surface area contributed by atoms with Crippen LogP contribution < -0.4 is 16.0 Å². The molecule has 0 spiro atoms. The lowest BCUT2D eigenvalue weighted by molar-refractivity contribution is -0.161. The van der Waals surface area contributed by atoms with E-state index >= 15 is 0 Å². The predicted molar refractivity (Wildman–Crippen MR) is 141 cm³/mol. The molecule has 5 atom stereocenters. The third-order valence-corrected chi connectivity index (χ3v) is 7.96. The third kappa shape index (κ3) is 7.43. The largest absolute Gasteiger partial charge is 0.372 e. The predicted octanol–water partition coefficient (Wildman–Crippen LogP) is 3.30. The number of aryl methyl sites for hydroxylation is 1. The molecule has 11 heteroatoms. The molecule has 1 aromatic heterocycles. The highest BCUT2D eigenvalue weighted by Crippen LogP contribution is 2.39. The van der Waals surface area contributed by atoms with E-state index in [1.807, 2.05) is 19.1 Å². The van der Waals surface area contributed by atoms with E-state index in [9.17, 15) is 28.4 Å². The Balaban J connectivity index is 1.56. The molecule has 2 saturated heterocycles. The van der Waals surface area contributed by atoms with Crippen LogP contribution in [0.3, 0.4) is 0 Å². The van der Waals surface area contributed by atoms with Crippen molar-refractivity contribution in [2.45, 2.75) is 102 Å². The van der Waals surface area contributed by atoms with Crippen LogP contribution in [0.1, 0.15) is 70.3 Å². The van der Waals surface area contributed by atoms with Gasteiger partial charge in [0.2, 0.25) is 17.7 Å². The maximum Gasteiger partial charge on any atom is 0.252 e. The topological polar surface area (TPSA) is 127 Å². The van der Waals surface area contributed by atoms with Crippen molar-refractivity contribution in [3.8, 4) is 6.07 Å². The minimum absolute atomic E-state index is 0.0918. The van der Waals surface area contributed by atoms with Crippen molar-refractivity contribution in [1.82, 2.24) is 20.5 Å². The molecule has 39 heavy (non-hydrogen) atoms. The van der Waals surface area contributed by atoms with Crippen molar-refractivity contribution in [3.05, 3.63) is 24.0 Å². The monoisotopic (exact) mass is 544 g/mol. The van der Waals surface area contributed by atoms with Gasteiger partial charge in [0, 0.05) is 43.7 Å². The molecule has 0 bridgehead atoms. The van der Waals surface area contributed by atoms with E-state index in [1.54, 1.807) is 19.3 Å². The maximum absolute atomic E-state index is 14.9. The van der Waals surface area contributed by atoms with Gasteiger partial charge in [-0.05, 0) is 56.6 Å². The minimum Gasteiger partial charge on any atom is -0.372 e. The van der Waals surface area contributed by atoms with Crippen LogP contribution in [0.2, 0.25) is 0 Å². The molecular weight excluding hydrogens is 506 g/mol. The summed E-state index contributed by atoms with van der Waals surface area (Å²) in [7, 11) is 0. The number of anilines is 1. The van der Waals surface area contributed by atoms with Gasteiger partial charge in [0.15, 0.2) is 0 Å². The number of carbonyl (C=O) groups is 3. The number of nitriles is 1. The number of hydrogen-bond acceptors (Lipinski definition) is 6. The normalized spacial score (nSPS) is 26.1. The molecule has 0 radical (unpaired) electrons. The number of aromatic nitrogens is 1. The van der Waals surface area contributed by atoms with Gasteiger partial charge in [-0.1, -0.05) is 19.8 Å². The molecule has 212 valence electrons. The van der Waals surface area contributed by atoms with Crippen molar-refractivity contribution in [2.24, 2.45) is 11.8 Å². The van der Waals surface area contributed by atoms with Gasteiger partial charge in [-0.15, -0.1) is 0 Å². The molecule has 4 rings (SSSR count). The highest BCUT2D eigenvalue weighted by atomic mass is 19.3. The van der Waals surface area contributed by atoms with E-state index in [4.69, 9.17) is 0 Å². The lowest BCUT2D eigenvalue weighted by Gasteiger charge is -2.45. The summed E-state index contributed by atoms with van der Waals surface area (Å²) in [5.74, 6) is -4.58. The molecule has 1 aromatic rings. The summed E-state index contributed by atoms with van der Waals surface area (Å²) in [6.07, 6.45) is 6.21. The Bertz CT molecular complexity index is 1110. The van der Waals surface area contributed by atoms with Gasteiger partial charge < -0.3 is 20.9 Å². The Morgan fingerprint density at radius 3 is 2.67 bits per heavy atom. The van der Waals surface area contributed by atoms with Crippen LogP contribution in [-0.2, 0) is 14.4 Å². The number of likely N-dealkylation sites (tertiary alicyclic amines) is 1. The number of alkyl halides is 2. The van der Waals surface area contributed by atoms with E-state index in [0.717, 1.165) is 24.8 Å². The summed E-state index contributed by atoms with van der Waals surface area (Å²) in [6, 6.07) is -0.122. The first kappa shape index (κ1) is 28.7. The number of hydrogen-bond donors (Lipinski definition) is 3. The summed E-state index contributed by atoms with van der Waals surface area (Å²) in [5, 5.41) is 18.3. The minimum atomic E-state index is -3.13. The molecule has 1 aliphatic carbocycles. The fourth-order valence-electron chi connectivity index (χ4n) is 5.74. The summed E-state index contributed by atoms with van der Waals surface area (Å²) in [5.41, 5.74) is 1.56. The van der Waals surface area contributed by atoms with E-state index in [0.29, 0.717) is 31.0 Å². The van der Waals surface area contributed by atoms with Crippen molar-refractivity contribution >= 4 is 23.4 Å². The van der Waals surface area contributed by atoms with Crippen LogP contribution in [0.4, 0.5) is 14.5 Å². The third-order valence-electron chi connectivity index (χ3n) is 7.96. The second-order valence-corrected chi connectivity index (χ2v) is 11.3. The molecule has 3 heterocycles. The summed E-state index contributed by atoms with van der Waals surface area (Å²) in [4.78, 5) is 45.3. The molecule has 3 aliphatic rings.